The first-order valence-electron chi connectivity index (χ1n) is 5.01. The highest BCUT2D eigenvalue weighted by atomic mass is 16.5. The number of rotatable bonds is 3. The minimum atomic E-state index is 0.501. The fourth-order valence-corrected chi connectivity index (χ4v) is 1.46. The van der Waals surface area contributed by atoms with Crippen molar-refractivity contribution in [1.82, 2.24) is 25.4 Å². The zero-order valence-electron chi connectivity index (χ0n) is 8.42. The number of aromatic nitrogens is 5. The van der Waals surface area contributed by atoms with E-state index in [4.69, 9.17) is 4.52 Å². The Morgan fingerprint density at radius 1 is 1.53 bits per heavy atom. The summed E-state index contributed by atoms with van der Waals surface area (Å²) in [6, 6.07) is 1.88. The Balaban J connectivity index is 1.75. The molecular formula is C9H11N5O. The monoisotopic (exact) mass is 205 g/mol. The Morgan fingerprint density at radius 2 is 2.40 bits per heavy atom. The van der Waals surface area contributed by atoms with Gasteiger partial charge in [-0.15, -0.1) is 10.2 Å². The van der Waals surface area contributed by atoms with Crippen molar-refractivity contribution in [2.24, 2.45) is 0 Å². The van der Waals surface area contributed by atoms with Crippen LogP contribution in [0.1, 0.15) is 36.0 Å². The number of tetrazole rings is 1. The molecular weight excluding hydrogens is 194 g/mol. The molecule has 0 saturated heterocycles. The number of aryl methyl sites for hydroxylation is 1. The lowest BCUT2D eigenvalue weighted by Gasteiger charge is -1.91. The number of hydrogen-bond acceptors (Lipinski definition) is 5. The molecule has 2 heterocycles. The van der Waals surface area contributed by atoms with Gasteiger partial charge in [-0.25, -0.2) is 0 Å². The summed E-state index contributed by atoms with van der Waals surface area (Å²) >= 11 is 0. The van der Waals surface area contributed by atoms with Crippen LogP contribution in [0.15, 0.2) is 10.6 Å². The molecule has 6 nitrogen and oxygen atoms in total. The van der Waals surface area contributed by atoms with Crippen LogP contribution in [0.5, 0.6) is 0 Å². The lowest BCUT2D eigenvalue weighted by molar-refractivity contribution is 0.359. The van der Waals surface area contributed by atoms with E-state index in [0.717, 1.165) is 17.3 Å². The second kappa shape index (κ2) is 3.15. The molecule has 0 atom stereocenters. The second-order valence-corrected chi connectivity index (χ2v) is 3.89. The molecule has 0 radical (unpaired) electrons. The summed E-state index contributed by atoms with van der Waals surface area (Å²) in [6.45, 7) is 2.39. The van der Waals surface area contributed by atoms with Crippen molar-refractivity contribution in [3.63, 3.8) is 0 Å². The number of hydrogen-bond donors (Lipinski definition) is 0. The molecule has 6 heteroatoms. The predicted molar refractivity (Wildman–Crippen MR) is 50.1 cm³/mol. The molecule has 0 aliphatic heterocycles. The summed E-state index contributed by atoms with van der Waals surface area (Å²) in [5, 5.41) is 16.1. The van der Waals surface area contributed by atoms with Crippen molar-refractivity contribution in [2.45, 2.75) is 32.2 Å². The highest BCUT2D eigenvalue weighted by molar-refractivity contribution is 5.04. The molecule has 2 aromatic rings. The maximum atomic E-state index is 5.07. The quantitative estimate of drug-likeness (QED) is 0.744. The molecule has 0 N–H and O–H groups in total. The lowest BCUT2D eigenvalue weighted by Crippen LogP contribution is -2.03. The van der Waals surface area contributed by atoms with Crippen molar-refractivity contribution in [1.29, 1.82) is 0 Å². The van der Waals surface area contributed by atoms with E-state index >= 15 is 0 Å². The van der Waals surface area contributed by atoms with Gasteiger partial charge in [-0.2, -0.15) is 4.80 Å². The topological polar surface area (TPSA) is 69.6 Å². The van der Waals surface area contributed by atoms with Gasteiger partial charge in [0, 0.05) is 12.0 Å². The Morgan fingerprint density at radius 3 is 3.07 bits per heavy atom. The zero-order chi connectivity index (χ0) is 10.3. The van der Waals surface area contributed by atoms with Crippen molar-refractivity contribution in [3.05, 3.63) is 23.3 Å². The molecule has 3 rings (SSSR count). The fourth-order valence-electron chi connectivity index (χ4n) is 1.46. The molecule has 1 fully saturated rings. The van der Waals surface area contributed by atoms with Gasteiger partial charge in [0.1, 0.15) is 6.54 Å². The van der Waals surface area contributed by atoms with Crippen LogP contribution in [0.25, 0.3) is 0 Å². The normalized spacial score (nSPS) is 15.8. The maximum Gasteiger partial charge on any atom is 0.177 e. The van der Waals surface area contributed by atoms with E-state index < -0.39 is 0 Å². The molecule has 0 amide bonds. The van der Waals surface area contributed by atoms with E-state index in [0.29, 0.717) is 12.5 Å². The van der Waals surface area contributed by atoms with Crippen LogP contribution in [0.3, 0.4) is 0 Å². The van der Waals surface area contributed by atoms with Crippen LogP contribution >= 0.6 is 0 Å². The molecule has 0 spiro atoms. The van der Waals surface area contributed by atoms with E-state index in [1.165, 1.54) is 12.8 Å². The van der Waals surface area contributed by atoms with Crippen LogP contribution in [-0.2, 0) is 6.54 Å². The fraction of sp³-hybridized carbons (Fsp3) is 0.556. The van der Waals surface area contributed by atoms with Crippen LogP contribution < -0.4 is 0 Å². The van der Waals surface area contributed by atoms with Gasteiger partial charge in [0.05, 0.1) is 5.69 Å². The third-order valence-corrected chi connectivity index (χ3v) is 2.38. The van der Waals surface area contributed by atoms with Gasteiger partial charge in [0.25, 0.3) is 0 Å². The van der Waals surface area contributed by atoms with Gasteiger partial charge >= 0.3 is 0 Å². The Bertz CT molecular complexity index is 470. The molecule has 2 aromatic heterocycles. The summed E-state index contributed by atoms with van der Waals surface area (Å²) in [5.74, 6) is 2.15. The highest BCUT2D eigenvalue weighted by Crippen LogP contribution is 2.37. The SMILES string of the molecule is Cc1cc(Cn2nnc(C3CC3)n2)on1. The minimum absolute atomic E-state index is 0.501. The molecule has 1 aliphatic carbocycles. The van der Waals surface area contributed by atoms with Gasteiger partial charge in [0.2, 0.25) is 0 Å². The van der Waals surface area contributed by atoms with Gasteiger partial charge in [-0.1, -0.05) is 5.16 Å². The summed E-state index contributed by atoms with van der Waals surface area (Å²) in [5.41, 5.74) is 0.868. The first kappa shape index (κ1) is 8.58. The summed E-state index contributed by atoms with van der Waals surface area (Å²) in [6.07, 6.45) is 2.38. The maximum absolute atomic E-state index is 5.07. The molecule has 15 heavy (non-hydrogen) atoms. The van der Waals surface area contributed by atoms with Crippen LogP contribution in [0, 0.1) is 6.92 Å². The van der Waals surface area contributed by atoms with Crippen molar-refractivity contribution >= 4 is 0 Å². The molecule has 0 unspecified atom stereocenters. The average Bonchev–Trinajstić information content (AvgIpc) is 2.84. The van der Waals surface area contributed by atoms with E-state index in [-0.39, 0.29) is 0 Å². The molecule has 0 aromatic carbocycles. The van der Waals surface area contributed by atoms with Crippen molar-refractivity contribution < 1.29 is 4.52 Å². The van der Waals surface area contributed by atoms with Gasteiger partial charge in [-0.05, 0) is 25.0 Å². The van der Waals surface area contributed by atoms with Crippen LogP contribution in [0.4, 0.5) is 0 Å². The zero-order valence-corrected chi connectivity index (χ0v) is 8.42. The summed E-state index contributed by atoms with van der Waals surface area (Å²) in [7, 11) is 0. The molecule has 78 valence electrons. The standard InChI is InChI=1S/C9H11N5O/c1-6-4-8(15-12-6)5-14-11-9(10-13-14)7-2-3-7/h4,7H,2-3,5H2,1H3. The second-order valence-electron chi connectivity index (χ2n) is 3.89. The van der Waals surface area contributed by atoms with E-state index in [2.05, 4.69) is 20.6 Å². The van der Waals surface area contributed by atoms with E-state index in [1.807, 2.05) is 13.0 Å². The minimum Gasteiger partial charge on any atom is -0.359 e. The number of nitrogens with zero attached hydrogens (tertiary/aromatic N) is 5. The largest absolute Gasteiger partial charge is 0.359 e. The summed E-state index contributed by atoms with van der Waals surface area (Å²) < 4.78 is 5.07. The predicted octanol–water partition coefficient (Wildman–Crippen LogP) is 0.895. The average molecular weight is 205 g/mol. The Labute approximate surface area is 86.3 Å². The smallest absolute Gasteiger partial charge is 0.177 e. The van der Waals surface area contributed by atoms with Gasteiger partial charge in [-0.3, -0.25) is 0 Å². The van der Waals surface area contributed by atoms with Crippen LogP contribution in [-0.4, -0.2) is 25.4 Å². The molecule has 1 aliphatic rings. The Hall–Kier alpha value is -1.72. The lowest BCUT2D eigenvalue weighted by atomic mass is 10.4. The van der Waals surface area contributed by atoms with Gasteiger partial charge < -0.3 is 4.52 Å². The van der Waals surface area contributed by atoms with E-state index in [9.17, 15) is 0 Å². The first-order valence-corrected chi connectivity index (χ1v) is 5.01. The van der Waals surface area contributed by atoms with Gasteiger partial charge in [0.15, 0.2) is 11.6 Å². The third-order valence-electron chi connectivity index (χ3n) is 2.38. The van der Waals surface area contributed by atoms with Crippen molar-refractivity contribution in [2.75, 3.05) is 0 Å². The first-order chi connectivity index (χ1) is 7.31. The van der Waals surface area contributed by atoms with Crippen molar-refractivity contribution in [3.8, 4) is 0 Å². The van der Waals surface area contributed by atoms with Crippen LogP contribution in [0.2, 0.25) is 0 Å². The Kier molecular flexibility index (Phi) is 1.80. The highest BCUT2D eigenvalue weighted by Gasteiger charge is 2.28. The molecule has 1 saturated carbocycles. The van der Waals surface area contributed by atoms with E-state index in [1.54, 1.807) is 4.80 Å². The third kappa shape index (κ3) is 1.74. The molecule has 0 bridgehead atoms. The summed E-state index contributed by atoms with van der Waals surface area (Å²) in [4.78, 5) is 1.55.